The molecule has 0 amide bonds. The highest BCUT2D eigenvalue weighted by Gasteiger charge is 2.29. The normalized spacial score (nSPS) is 20.4. The van der Waals surface area contributed by atoms with E-state index in [1.54, 1.807) is 18.2 Å². The molecule has 6 heteroatoms. The van der Waals surface area contributed by atoms with Gasteiger partial charge in [-0.3, -0.25) is 4.72 Å². The average molecular weight is 295 g/mol. The van der Waals surface area contributed by atoms with Crippen LogP contribution >= 0.6 is 11.6 Å². The molecule has 1 aliphatic rings. The molecule has 98 valence electrons. The van der Waals surface area contributed by atoms with E-state index in [2.05, 4.69) is 9.44 Å². The molecule has 0 saturated heterocycles. The summed E-state index contributed by atoms with van der Waals surface area (Å²) in [6.45, 7) is 0. The lowest BCUT2D eigenvalue weighted by molar-refractivity contribution is 0.574. The number of anilines is 1. The standard InChI is InChI=1S/C13H11ClN2O2S/c14-10-6-7-12-11(8-10)13(16-19(17,18)15-12)9-4-2-1-3-5-9/h1-8,13,15-16H. The maximum absolute atomic E-state index is 11.8. The summed E-state index contributed by atoms with van der Waals surface area (Å²) in [6.07, 6.45) is 0. The summed E-state index contributed by atoms with van der Waals surface area (Å²) in [4.78, 5) is 0. The van der Waals surface area contributed by atoms with Crippen LogP contribution in [0.2, 0.25) is 5.02 Å². The van der Waals surface area contributed by atoms with Gasteiger partial charge in [-0.05, 0) is 23.8 Å². The van der Waals surface area contributed by atoms with Crippen LogP contribution < -0.4 is 9.44 Å². The first-order chi connectivity index (χ1) is 9.05. The largest absolute Gasteiger partial charge is 0.299 e. The summed E-state index contributed by atoms with van der Waals surface area (Å²) >= 11 is 6.00. The Morgan fingerprint density at radius 3 is 2.53 bits per heavy atom. The molecule has 3 rings (SSSR count). The van der Waals surface area contributed by atoms with Crippen molar-refractivity contribution in [3.8, 4) is 0 Å². The molecule has 1 aliphatic heterocycles. The lowest BCUT2D eigenvalue weighted by Crippen LogP contribution is -2.38. The van der Waals surface area contributed by atoms with E-state index in [1.807, 2.05) is 30.3 Å². The van der Waals surface area contributed by atoms with Gasteiger partial charge in [-0.2, -0.15) is 13.1 Å². The topological polar surface area (TPSA) is 58.2 Å². The minimum Gasteiger partial charge on any atom is -0.271 e. The Balaban J connectivity index is 2.18. The molecule has 0 aromatic heterocycles. The first kappa shape index (κ1) is 12.5. The highest BCUT2D eigenvalue weighted by Crippen LogP contribution is 2.34. The van der Waals surface area contributed by atoms with Crippen molar-refractivity contribution in [1.82, 2.24) is 4.72 Å². The number of fused-ring (bicyclic) bond motifs is 1. The van der Waals surface area contributed by atoms with Crippen molar-refractivity contribution in [2.24, 2.45) is 0 Å². The van der Waals surface area contributed by atoms with Crippen molar-refractivity contribution in [2.75, 3.05) is 4.72 Å². The van der Waals surface area contributed by atoms with Gasteiger partial charge < -0.3 is 0 Å². The number of hydrogen-bond donors (Lipinski definition) is 2. The highest BCUT2D eigenvalue weighted by molar-refractivity contribution is 7.90. The second-order valence-electron chi connectivity index (χ2n) is 4.30. The van der Waals surface area contributed by atoms with E-state index < -0.39 is 16.3 Å². The number of nitrogens with one attached hydrogen (secondary N) is 2. The smallest absolute Gasteiger partial charge is 0.271 e. The molecule has 19 heavy (non-hydrogen) atoms. The van der Waals surface area contributed by atoms with E-state index in [-0.39, 0.29) is 0 Å². The van der Waals surface area contributed by atoms with Crippen molar-refractivity contribution in [1.29, 1.82) is 0 Å². The summed E-state index contributed by atoms with van der Waals surface area (Å²) in [5, 5.41) is 0.572. The minimum absolute atomic E-state index is 0.429. The zero-order valence-electron chi connectivity index (χ0n) is 9.80. The van der Waals surface area contributed by atoms with Crippen molar-refractivity contribution in [3.63, 3.8) is 0 Å². The number of benzene rings is 2. The van der Waals surface area contributed by atoms with Gasteiger partial charge in [0.1, 0.15) is 0 Å². The van der Waals surface area contributed by atoms with Crippen LogP contribution in [0, 0.1) is 0 Å². The molecule has 1 atom stereocenters. The Morgan fingerprint density at radius 1 is 1.05 bits per heavy atom. The molecule has 0 spiro atoms. The third-order valence-corrected chi connectivity index (χ3v) is 4.24. The summed E-state index contributed by atoms with van der Waals surface area (Å²) in [5.74, 6) is 0. The van der Waals surface area contributed by atoms with Crippen molar-refractivity contribution < 1.29 is 8.42 Å². The van der Waals surface area contributed by atoms with Crippen LogP contribution in [0.4, 0.5) is 5.69 Å². The SMILES string of the molecule is O=S1(=O)Nc2ccc(Cl)cc2C(c2ccccc2)N1. The molecule has 2 aromatic carbocycles. The molecule has 0 saturated carbocycles. The van der Waals surface area contributed by atoms with Crippen LogP contribution in [0.3, 0.4) is 0 Å². The first-order valence-corrected chi connectivity index (χ1v) is 7.56. The molecule has 0 aliphatic carbocycles. The lowest BCUT2D eigenvalue weighted by Gasteiger charge is -2.28. The highest BCUT2D eigenvalue weighted by atomic mass is 35.5. The Hall–Kier alpha value is -1.56. The predicted octanol–water partition coefficient (Wildman–Crippen LogP) is 2.69. The molecule has 0 bridgehead atoms. The second kappa shape index (κ2) is 4.52. The summed E-state index contributed by atoms with van der Waals surface area (Å²) in [6, 6.07) is 14.1. The van der Waals surface area contributed by atoms with Crippen LogP contribution in [0.5, 0.6) is 0 Å². The van der Waals surface area contributed by atoms with Gasteiger partial charge in [-0.1, -0.05) is 41.9 Å². The summed E-state index contributed by atoms with van der Waals surface area (Å²) < 4.78 is 28.7. The Morgan fingerprint density at radius 2 is 1.79 bits per heavy atom. The molecule has 1 heterocycles. The van der Waals surface area contributed by atoms with E-state index >= 15 is 0 Å². The quantitative estimate of drug-likeness (QED) is 0.849. The van der Waals surface area contributed by atoms with Crippen LogP contribution in [-0.4, -0.2) is 8.42 Å². The van der Waals surface area contributed by atoms with Crippen molar-refractivity contribution >= 4 is 27.5 Å². The molecule has 2 N–H and O–H groups in total. The van der Waals surface area contributed by atoms with Gasteiger partial charge in [0.05, 0.1) is 11.7 Å². The zero-order chi connectivity index (χ0) is 13.5. The molecule has 1 unspecified atom stereocenters. The Bertz CT molecular complexity index is 717. The fourth-order valence-electron chi connectivity index (χ4n) is 2.15. The molecule has 2 aromatic rings. The second-order valence-corrected chi connectivity index (χ2v) is 6.18. The maximum Gasteiger partial charge on any atom is 0.299 e. The fourth-order valence-corrected chi connectivity index (χ4v) is 3.44. The van der Waals surface area contributed by atoms with E-state index in [0.29, 0.717) is 10.7 Å². The number of hydrogen-bond acceptors (Lipinski definition) is 2. The van der Waals surface area contributed by atoms with Gasteiger partial charge in [-0.15, -0.1) is 0 Å². The Labute approximate surface area is 116 Å². The van der Waals surface area contributed by atoms with E-state index in [9.17, 15) is 8.42 Å². The average Bonchev–Trinajstić information content (AvgIpc) is 2.39. The Kier molecular flexibility index (Phi) is 2.97. The van der Waals surface area contributed by atoms with Crippen LogP contribution in [-0.2, 0) is 10.2 Å². The lowest BCUT2D eigenvalue weighted by atomic mass is 9.98. The summed E-state index contributed by atoms with van der Waals surface area (Å²) in [5.41, 5.74) is 2.24. The van der Waals surface area contributed by atoms with Crippen LogP contribution in [0.25, 0.3) is 0 Å². The predicted molar refractivity (Wildman–Crippen MR) is 75.4 cm³/mol. The molecule has 0 radical (unpaired) electrons. The number of halogens is 1. The van der Waals surface area contributed by atoms with Gasteiger partial charge in [-0.25, -0.2) is 0 Å². The van der Waals surface area contributed by atoms with Gasteiger partial charge in [0, 0.05) is 10.6 Å². The number of rotatable bonds is 1. The van der Waals surface area contributed by atoms with E-state index in [0.717, 1.165) is 11.1 Å². The van der Waals surface area contributed by atoms with E-state index in [1.165, 1.54) is 0 Å². The van der Waals surface area contributed by atoms with Crippen molar-refractivity contribution in [2.45, 2.75) is 6.04 Å². The monoisotopic (exact) mass is 294 g/mol. The van der Waals surface area contributed by atoms with Gasteiger partial charge in [0.2, 0.25) is 0 Å². The molecular weight excluding hydrogens is 284 g/mol. The minimum atomic E-state index is -3.55. The van der Waals surface area contributed by atoms with E-state index in [4.69, 9.17) is 11.6 Å². The van der Waals surface area contributed by atoms with Gasteiger partial charge in [0.15, 0.2) is 0 Å². The zero-order valence-corrected chi connectivity index (χ0v) is 11.4. The molecule has 4 nitrogen and oxygen atoms in total. The molecular formula is C13H11ClN2O2S. The first-order valence-electron chi connectivity index (χ1n) is 5.70. The van der Waals surface area contributed by atoms with Gasteiger partial charge in [0.25, 0.3) is 10.2 Å². The maximum atomic E-state index is 11.8. The fraction of sp³-hybridized carbons (Fsp3) is 0.0769. The molecule has 0 fully saturated rings. The van der Waals surface area contributed by atoms with Crippen LogP contribution in [0.15, 0.2) is 48.5 Å². The van der Waals surface area contributed by atoms with Crippen molar-refractivity contribution in [3.05, 3.63) is 64.7 Å². The van der Waals surface area contributed by atoms with Crippen LogP contribution in [0.1, 0.15) is 17.2 Å². The third kappa shape index (κ3) is 2.45. The third-order valence-electron chi connectivity index (χ3n) is 2.97. The summed E-state index contributed by atoms with van der Waals surface area (Å²) in [7, 11) is -3.55. The van der Waals surface area contributed by atoms with Gasteiger partial charge >= 0.3 is 0 Å².